The Morgan fingerprint density at radius 3 is 2.76 bits per heavy atom. The zero-order valence-electron chi connectivity index (χ0n) is 11.5. The molecule has 0 aliphatic carbocycles. The number of nitrogens with one attached hydrogen (secondary N) is 1. The molecule has 1 aromatic carbocycles. The minimum Gasteiger partial charge on any atom is -0.384 e. The molecular weight excluding hydrogens is 306 g/mol. The maximum absolute atomic E-state index is 12.2. The largest absolute Gasteiger partial charge is 0.384 e. The molecule has 0 amide bonds. The minimum atomic E-state index is -3.54. The first-order valence-corrected chi connectivity index (χ1v) is 8.72. The second kappa shape index (κ2) is 6.76. The topological polar surface area (TPSA) is 66.4 Å². The SMILES string of the molecule is CCc1cc(C#CCO)ccc1NS(=O)(=O)c1cccs1. The number of hydrogen-bond acceptors (Lipinski definition) is 4. The van der Waals surface area contributed by atoms with E-state index in [0.717, 1.165) is 11.1 Å². The lowest BCUT2D eigenvalue weighted by Gasteiger charge is -2.11. The van der Waals surface area contributed by atoms with E-state index >= 15 is 0 Å². The van der Waals surface area contributed by atoms with Gasteiger partial charge in [0, 0.05) is 5.56 Å². The Labute approximate surface area is 128 Å². The van der Waals surface area contributed by atoms with E-state index in [4.69, 9.17) is 5.11 Å². The second-order valence-electron chi connectivity index (χ2n) is 4.22. The van der Waals surface area contributed by atoms with Crippen molar-refractivity contribution in [3.63, 3.8) is 0 Å². The van der Waals surface area contributed by atoms with E-state index in [1.165, 1.54) is 11.3 Å². The van der Waals surface area contributed by atoms with E-state index in [-0.39, 0.29) is 10.8 Å². The zero-order valence-corrected chi connectivity index (χ0v) is 13.1. The summed E-state index contributed by atoms with van der Waals surface area (Å²) in [4.78, 5) is 0. The third-order valence-corrected chi connectivity index (χ3v) is 5.57. The number of thiophene rings is 1. The van der Waals surface area contributed by atoms with Gasteiger partial charge in [-0.2, -0.15) is 0 Å². The Kier molecular flexibility index (Phi) is 5.02. The van der Waals surface area contributed by atoms with Gasteiger partial charge in [-0.05, 0) is 41.6 Å². The summed E-state index contributed by atoms with van der Waals surface area (Å²) in [6.45, 7) is 1.75. The number of hydrogen-bond donors (Lipinski definition) is 2. The highest BCUT2D eigenvalue weighted by Gasteiger charge is 2.16. The minimum absolute atomic E-state index is 0.200. The van der Waals surface area contributed by atoms with Crippen LogP contribution >= 0.6 is 11.3 Å². The molecule has 0 spiro atoms. The predicted octanol–water partition coefficient (Wildman–Crippen LogP) is 2.46. The van der Waals surface area contributed by atoms with Gasteiger partial charge in [-0.3, -0.25) is 4.72 Å². The quantitative estimate of drug-likeness (QED) is 0.850. The number of sulfonamides is 1. The third-order valence-electron chi connectivity index (χ3n) is 2.80. The molecule has 4 nitrogen and oxygen atoms in total. The average molecular weight is 321 g/mol. The highest BCUT2D eigenvalue weighted by molar-refractivity contribution is 7.94. The highest BCUT2D eigenvalue weighted by atomic mass is 32.2. The van der Waals surface area contributed by atoms with Crippen molar-refractivity contribution >= 4 is 27.0 Å². The molecule has 0 radical (unpaired) electrons. The van der Waals surface area contributed by atoms with E-state index in [0.29, 0.717) is 12.1 Å². The van der Waals surface area contributed by atoms with Crippen LogP contribution in [0.5, 0.6) is 0 Å². The van der Waals surface area contributed by atoms with Gasteiger partial charge in [0.2, 0.25) is 0 Å². The van der Waals surface area contributed by atoms with Crippen molar-refractivity contribution in [2.45, 2.75) is 17.6 Å². The van der Waals surface area contributed by atoms with Crippen LogP contribution < -0.4 is 4.72 Å². The maximum Gasteiger partial charge on any atom is 0.271 e. The summed E-state index contributed by atoms with van der Waals surface area (Å²) in [6, 6.07) is 8.53. The fourth-order valence-corrected chi connectivity index (χ4v) is 3.91. The molecule has 0 aliphatic heterocycles. The molecular formula is C15H15NO3S2. The van der Waals surface area contributed by atoms with Gasteiger partial charge < -0.3 is 5.11 Å². The lowest BCUT2D eigenvalue weighted by Crippen LogP contribution is -2.12. The summed E-state index contributed by atoms with van der Waals surface area (Å²) in [5, 5.41) is 10.4. The van der Waals surface area contributed by atoms with Gasteiger partial charge in [-0.1, -0.05) is 24.8 Å². The summed E-state index contributed by atoms with van der Waals surface area (Å²) < 4.78 is 27.3. The molecule has 1 aromatic heterocycles. The number of aryl methyl sites for hydroxylation is 1. The Bertz CT molecular complexity index is 769. The average Bonchev–Trinajstić information content (AvgIpc) is 3.01. The number of aliphatic hydroxyl groups excluding tert-OH is 1. The second-order valence-corrected chi connectivity index (χ2v) is 7.08. The Morgan fingerprint density at radius 2 is 2.14 bits per heavy atom. The van der Waals surface area contributed by atoms with Gasteiger partial charge >= 0.3 is 0 Å². The van der Waals surface area contributed by atoms with Gasteiger partial charge in [0.15, 0.2) is 0 Å². The normalized spacial score (nSPS) is 10.8. The van der Waals surface area contributed by atoms with Crippen molar-refractivity contribution in [2.75, 3.05) is 11.3 Å². The van der Waals surface area contributed by atoms with Gasteiger partial charge in [-0.25, -0.2) is 8.42 Å². The van der Waals surface area contributed by atoms with Crippen LogP contribution in [0.3, 0.4) is 0 Å². The van der Waals surface area contributed by atoms with E-state index in [1.807, 2.05) is 13.0 Å². The maximum atomic E-state index is 12.2. The summed E-state index contributed by atoms with van der Waals surface area (Å²) >= 11 is 1.18. The Balaban J connectivity index is 2.32. The number of anilines is 1. The molecule has 0 saturated heterocycles. The van der Waals surface area contributed by atoms with Gasteiger partial charge in [0.25, 0.3) is 10.0 Å². The summed E-state index contributed by atoms with van der Waals surface area (Å²) in [5.41, 5.74) is 2.17. The van der Waals surface area contributed by atoms with Crippen molar-refractivity contribution in [1.82, 2.24) is 0 Å². The molecule has 0 unspecified atom stereocenters. The fraction of sp³-hybridized carbons (Fsp3) is 0.200. The van der Waals surface area contributed by atoms with E-state index in [2.05, 4.69) is 16.6 Å². The first-order valence-electron chi connectivity index (χ1n) is 6.36. The van der Waals surface area contributed by atoms with Crippen LogP contribution in [-0.4, -0.2) is 20.1 Å². The van der Waals surface area contributed by atoms with Crippen molar-refractivity contribution < 1.29 is 13.5 Å². The number of aliphatic hydroxyl groups is 1. The van der Waals surface area contributed by atoms with Crippen molar-refractivity contribution in [1.29, 1.82) is 0 Å². The summed E-state index contributed by atoms with van der Waals surface area (Å²) in [7, 11) is -3.54. The molecule has 0 fully saturated rings. The van der Waals surface area contributed by atoms with E-state index < -0.39 is 10.0 Å². The Hall–Kier alpha value is -1.81. The van der Waals surface area contributed by atoms with Gasteiger partial charge in [0.1, 0.15) is 10.8 Å². The van der Waals surface area contributed by atoms with Gasteiger partial charge in [-0.15, -0.1) is 11.3 Å². The molecule has 1 heterocycles. The Morgan fingerprint density at radius 1 is 1.33 bits per heavy atom. The van der Waals surface area contributed by atoms with Crippen LogP contribution in [0.25, 0.3) is 0 Å². The molecule has 6 heteroatoms. The lowest BCUT2D eigenvalue weighted by molar-refractivity contribution is 0.350. The summed E-state index contributed by atoms with van der Waals surface area (Å²) in [5.74, 6) is 5.39. The van der Waals surface area contributed by atoms with E-state index in [9.17, 15) is 8.42 Å². The molecule has 2 N–H and O–H groups in total. The molecule has 21 heavy (non-hydrogen) atoms. The van der Waals surface area contributed by atoms with E-state index in [1.54, 1.807) is 29.6 Å². The highest BCUT2D eigenvalue weighted by Crippen LogP contribution is 2.24. The van der Waals surface area contributed by atoms with Gasteiger partial charge in [0.05, 0.1) is 5.69 Å². The standard InChI is InChI=1S/C15H15NO3S2/c1-2-13-11-12(5-3-9-17)7-8-14(13)16-21(18,19)15-6-4-10-20-15/h4,6-8,10-11,16-17H,2,9H2,1H3. The van der Waals surface area contributed by atoms with Crippen LogP contribution in [0.15, 0.2) is 39.9 Å². The zero-order chi connectivity index (χ0) is 15.3. The predicted molar refractivity (Wildman–Crippen MR) is 84.9 cm³/mol. The fourth-order valence-electron chi connectivity index (χ4n) is 1.82. The van der Waals surface area contributed by atoms with Crippen LogP contribution in [0.1, 0.15) is 18.1 Å². The van der Waals surface area contributed by atoms with Crippen molar-refractivity contribution in [3.05, 3.63) is 46.8 Å². The van der Waals surface area contributed by atoms with Crippen molar-refractivity contribution in [2.24, 2.45) is 0 Å². The van der Waals surface area contributed by atoms with Crippen LogP contribution in [-0.2, 0) is 16.4 Å². The number of benzene rings is 1. The molecule has 0 atom stereocenters. The molecule has 0 bridgehead atoms. The monoisotopic (exact) mass is 321 g/mol. The van der Waals surface area contributed by atoms with Crippen LogP contribution in [0.2, 0.25) is 0 Å². The molecule has 2 rings (SSSR count). The van der Waals surface area contributed by atoms with Crippen LogP contribution in [0, 0.1) is 11.8 Å². The summed E-state index contributed by atoms with van der Waals surface area (Å²) in [6.07, 6.45) is 0.678. The molecule has 110 valence electrons. The molecule has 0 saturated carbocycles. The third kappa shape index (κ3) is 3.85. The van der Waals surface area contributed by atoms with Crippen molar-refractivity contribution in [3.8, 4) is 11.8 Å². The first kappa shape index (κ1) is 15.6. The number of rotatable bonds is 4. The molecule has 2 aromatic rings. The van der Waals surface area contributed by atoms with Crippen LogP contribution in [0.4, 0.5) is 5.69 Å². The molecule has 0 aliphatic rings. The first-order chi connectivity index (χ1) is 10.1. The lowest BCUT2D eigenvalue weighted by atomic mass is 10.1. The smallest absolute Gasteiger partial charge is 0.271 e.